The Bertz CT molecular complexity index is 1370. The van der Waals surface area contributed by atoms with Gasteiger partial charge < -0.3 is 48.1 Å². The van der Waals surface area contributed by atoms with Gasteiger partial charge >= 0.3 is 0 Å². The van der Waals surface area contributed by atoms with Crippen LogP contribution in [0.15, 0.2) is 24.3 Å². The Morgan fingerprint density at radius 1 is 0.788 bits per heavy atom. The van der Waals surface area contributed by atoms with E-state index in [1.165, 1.54) is 5.57 Å². The van der Waals surface area contributed by atoms with E-state index in [0.29, 0.717) is 12.8 Å². The Balaban J connectivity index is 0.994. The fraction of sp³-hybridized carbons (Fsp3) is 0.878. The minimum atomic E-state index is -0.939. The van der Waals surface area contributed by atoms with Gasteiger partial charge in [0.25, 0.3) is 0 Å². The Labute approximate surface area is 308 Å². The highest BCUT2D eigenvalue weighted by atomic mass is 16.6. The second-order valence-electron chi connectivity index (χ2n) is 17.9. The topological polar surface area (TPSA) is 131 Å². The molecule has 11 heteroatoms. The van der Waals surface area contributed by atoms with Crippen molar-refractivity contribution in [1.82, 2.24) is 0 Å². The van der Waals surface area contributed by atoms with Crippen molar-refractivity contribution in [1.29, 1.82) is 0 Å². The molecule has 52 heavy (non-hydrogen) atoms. The van der Waals surface area contributed by atoms with Crippen LogP contribution in [0.4, 0.5) is 0 Å². The molecule has 0 saturated carbocycles. The van der Waals surface area contributed by atoms with Crippen LogP contribution in [0.1, 0.15) is 96.8 Å². The molecule has 1 spiro atoms. The molecule has 0 aliphatic carbocycles. The van der Waals surface area contributed by atoms with Crippen LogP contribution in [0.5, 0.6) is 0 Å². The number of hydrogen-bond acceptors (Lipinski definition) is 11. The predicted octanol–water partition coefficient (Wildman–Crippen LogP) is 4.14. The van der Waals surface area contributed by atoms with Gasteiger partial charge in [0.15, 0.2) is 0 Å². The molecule has 10 aliphatic heterocycles. The molecule has 0 amide bonds. The van der Waals surface area contributed by atoms with E-state index < -0.39 is 18.3 Å². The molecule has 0 aromatic heterocycles. The van der Waals surface area contributed by atoms with E-state index in [1.807, 2.05) is 0 Å². The van der Waals surface area contributed by atoms with Crippen molar-refractivity contribution in [3.05, 3.63) is 24.3 Å². The van der Waals surface area contributed by atoms with E-state index in [4.69, 9.17) is 37.9 Å². The van der Waals surface area contributed by atoms with Gasteiger partial charge in [-0.25, -0.2) is 0 Å². The van der Waals surface area contributed by atoms with Crippen molar-refractivity contribution in [2.24, 2.45) is 17.8 Å². The fourth-order valence-corrected chi connectivity index (χ4v) is 11.9. The zero-order valence-corrected chi connectivity index (χ0v) is 31.0. The molecule has 0 radical (unpaired) electrons. The van der Waals surface area contributed by atoms with E-state index in [9.17, 15) is 15.0 Å². The van der Waals surface area contributed by atoms with Crippen LogP contribution in [-0.4, -0.2) is 127 Å². The van der Waals surface area contributed by atoms with E-state index >= 15 is 0 Å². The first-order valence-electron chi connectivity index (χ1n) is 20.4. The number of hydrogen-bond donors (Lipinski definition) is 2. The zero-order chi connectivity index (χ0) is 35.9. The van der Waals surface area contributed by atoms with E-state index in [-0.39, 0.29) is 122 Å². The highest BCUT2D eigenvalue weighted by molar-refractivity contribution is 5.79. The minimum absolute atomic E-state index is 0.0149. The number of carbonyl (C=O) groups is 1. The normalized spacial score (nSPS) is 52.4. The first-order valence-corrected chi connectivity index (χ1v) is 20.4. The number of methoxy groups -OCH3 is 1. The average Bonchev–Trinajstić information content (AvgIpc) is 3.79. The molecule has 10 fully saturated rings. The Morgan fingerprint density at radius 2 is 1.58 bits per heavy atom. The number of aliphatic hydroxyl groups is 2. The monoisotopic (exact) mass is 728 g/mol. The average molecular weight is 729 g/mol. The van der Waals surface area contributed by atoms with Crippen LogP contribution in [0.2, 0.25) is 0 Å². The second-order valence-corrected chi connectivity index (χ2v) is 17.9. The molecule has 290 valence electrons. The van der Waals surface area contributed by atoms with Crippen LogP contribution in [0, 0.1) is 17.8 Å². The smallest absolute Gasteiger partial charge is 0.135 e. The number of aliphatic hydroxyl groups excluding tert-OH is 2. The van der Waals surface area contributed by atoms with Gasteiger partial charge in [0.05, 0.1) is 91.6 Å². The molecule has 0 aromatic rings. The van der Waals surface area contributed by atoms with Gasteiger partial charge in [-0.2, -0.15) is 0 Å². The van der Waals surface area contributed by atoms with Crippen molar-refractivity contribution < 1.29 is 52.9 Å². The minimum Gasteiger partial charge on any atom is -0.394 e. The summed E-state index contributed by atoms with van der Waals surface area (Å²) in [5, 5.41) is 20.1. The first-order chi connectivity index (χ1) is 25.1. The third-order valence-corrected chi connectivity index (χ3v) is 14.5. The van der Waals surface area contributed by atoms with Crippen molar-refractivity contribution in [2.75, 3.05) is 13.7 Å². The largest absolute Gasteiger partial charge is 0.394 e. The highest BCUT2D eigenvalue weighted by Gasteiger charge is 2.67. The Kier molecular flexibility index (Phi) is 10.0. The molecule has 10 heterocycles. The molecule has 10 saturated heterocycles. The summed E-state index contributed by atoms with van der Waals surface area (Å²) in [5.41, 5.74) is 1.93. The maximum absolute atomic E-state index is 14.1. The van der Waals surface area contributed by atoms with E-state index in [1.54, 1.807) is 7.11 Å². The zero-order valence-electron chi connectivity index (χ0n) is 31.0. The number of ether oxygens (including phenoxy) is 8. The third kappa shape index (κ3) is 6.60. The van der Waals surface area contributed by atoms with Gasteiger partial charge in [-0.1, -0.05) is 20.1 Å². The highest BCUT2D eigenvalue weighted by Crippen LogP contribution is 2.57. The lowest BCUT2D eigenvalue weighted by Crippen LogP contribution is -2.58. The van der Waals surface area contributed by atoms with Crippen LogP contribution in [0.3, 0.4) is 0 Å². The van der Waals surface area contributed by atoms with E-state index in [0.717, 1.165) is 69.8 Å². The molecule has 19 atom stereocenters. The van der Waals surface area contributed by atoms with Crippen LogP contribution >= 0.6 is 0 Å². The fourth-order valence-electron chi connectivity index (χ4n) is 11.9. The molecule has 11 nitrogen and oxygen atoms in total. The van der Waals surface area contributed by atoms with Crippen LogP contribution < -0.4 is 0 Å². The molecular weight excluding hydrogens is 668 g/mol. The number of rotatable bonds is 4. The van der Waals surface area contributed by atoms with Gasteiger partial charge in [-0.3, -0.25) is 4.79 Å². The second kappa shape index (κ2) is 14.4. The molecule has 0 unspecified atom stereocenters. The summed E-state index contributed by atoms with van der Waals surface area (Å²) in [6.07, 6.45) is 7.44. The third-order valence-electron chi connectivity index (χ3n) is 14.5. The van der Waals surface area contributed by atoms with Crippen LogP contribution in [0.25, 0.3) is 0 Å². The van der Waals surface area contributed by atoms with Gasteiger partial charge in [-0.15, -0.1) is 0 Å². The first kappa shape index (κ1) is 36.4. The van der Waals surface area contributed by atoms with Gasteiger partial charge in [0.2, 0.25) is 0 Å². The summed E-state index contributed by atoms with van der Waals surface area (Å²) in [6, 6.07) is 0. The van der Waals surface area contributed by atoms with Gasteiger partial charge in [-0.05, 0) is 74.9 Å². The predicted molar refractivity (Wildman–Crippen MR) is 188 cm³/mol. The quantitative estimate of drug-likeness (QED) is 0.406. The van der Waals surface area contributed by atoms with Crippen molar-refractivity contribution in [3.63, 3.8) is 0 Å². The maximum Gasteiger partial charge on any atom is 0.135 e. The molecule has 12 bridgehead atoms. The standard InChI is InChI=1S/C41H60O11/c1-20-11-25-5-7-30-21(2)12-27(46-30)9-10-41-17-29-37-31(50-40-38(29)51-35(18-41)39(40)52-41)8-6-26(48-37)13-23(43)14-28-33(16-32(47-25)22(20)3)49-34(36(28)45-4)15-24(44)19-42/h20,24-40,42,44H,2-3,5-19H2,1,4H3/t20-,24+,25+,26-,27+,28+,29+,30+,31+,32-,33+,34-,35-,36-,37-,38+,39+,40-,41+/m1/s1. The van der Waals surface area contributed by atoms with Gasteiger partial charge in [0, 0.05) is 51.0 Å². The molecule has 2 N–H and O–H groups in total. The van der Waals surface area contributed by atoms with Crippen molar-refractivity contribution in [3.8, 4) is 0 Å². The molecule has 10 aliphatic rings. The number of fused-ring (bicyclic) bond motifs is 6. The van der Waals surface area contributed by atoms with Crippen molar-refractivity contribution >= 4 is 5.78 Å². The van der Waals surface area contributed by atoms with Crippen LogP contribution in [-0.2, 0) is 42.7 Å². The van der Waals surface area contributed by atoms with Gasteiger partial charge in [0.1, 0.15) is 18.0 Å². The molecular formula is C41H60O11. The molecule has 0 aromatic carbocycles. The number of ketones is 1. The van der Waals surface area contributed by atoms with Crippen molar-refractivity contribution in [2.45, 2.75) is 194 Å². The SMILES string of the molecule is C=C1C[C@@H]2CC[C@@]34C[C@H]5[C@H]6O[C@H](CC[C@@H]6O[C@H]6[C@@H](O3)[C@@H](C4)O[C@@H]56)CC(=O)C[C@@H]3[C@@H](OC)[C@@H](C[C@H](O)CO)O[C@H]3C[C@H]3O[C@@H](CC[C@@H]1O2)C[C@@H](C)C3=C. The summed E-state index contributed by atoms with van der Waals surface area (Å²) in [6.45, 7) is 10.8. The number of carbonyl (C=O) groups excluding carboxylic acids is 1. The molecule has 10 rings (SSSR count). The lowest BCUT2D eigenvalue weighted by atomic mass is 9.73. The lowest BCUT2D eigenvalue weighted by Gasteiger charge is -2.48. The number of Topliss-reactive ketones (excluding diaryl/α,β-unsaturated/α-hetero) is 1. The summed E-state index contributed by atoms with van der Waals surface area (Å²) in [5.74, 6) is 0.314. The summed E-state index contributed by atoms with van der Waals surface area (Å²) in [7, 11) is 1.64. The summed E-state index contributed by atoms with van der Waals surface area (Å²) in [4.78, 5) is 14.1. The van der Waals surface area contributed by atoms with E-state index in [2.05, 4.69) is 20.1 Å². The summed E-state index contributed by atoms with van der Waals surface area (Å²) < 4.78 is 53.5. The Hall–Kier alpha value is -1.25. The lowest BCUT2D eigenvalue weighted by molar-refractivity contribution is -0.237. The maximum atomic E-state index is 14.1. The summed E-state index contributed by atoms with van der Waals surface area (Å²) >= 11 is 0. The Morgan fingerprint density at radius 3 is 2.40 bits per heavy atom.